The number of nitrogens with two attached hydrogens (primary N) is 1. The van der Waals surface area contributed by atoms with Crippen molar-refractivity contribution in [3.63, 3.8) is 0 Å². The fourth-order valence-electron chi connectivity index (χ4n) is 1.93. The summed E-state index contributed by atoms with van der Waals surface area (Å²) in [7, 11) is 0. The van der Waals surface area contributed by atoms with E-state index in [1.54, 1.807) is 35.6 Å². The van der Waals surface area contributed by atoms with E-state index in [0.717, 1.165) is 11.1 Å². The highest BCUT2D eigenvalue weighted by Crippen LogP contribution is 2.15. The summed E-state index contributed by atoms with van der Waals surface area (Å²) < 4.78 is 0. The molecule has 0 spiro atoms. The molecular formula is C15H17N3O2S. The maximum atomic E-state index is 12.0. The first-order valence-electron chi connectivity index (χ1n) is 6.48. The van der Waals surface area contributed by atoms with Crippen LogP contribution in [0.3, 0.4) is 0 Å². The van der Waals surface area contributed by atoms with Gasteiger partial charge in [0.05, 0.1) is 12.5 Å². The van der Waals surface area contributed by atoms with Crippen molar-refractivity contribution in [1.29, 1.82) is 0 Å². The van der Waals surface area contributed by atoms with Crippen molar-refractivity contribution in [2.24, 2.45) is 10.9 Å². The van der Waals surface area contributed by atoms with E-state index in [1.807, 2.05) is 23.8 Å². The van der Waals surface area contributed by atoms with Gasteiger partial charge in [-0.1, -0.05) is 29.4 Å². The molecular weight excluding hydrogens is 286 g/mol. The lowest BCUT2D eigenvalue weighted by Crippen LogP contribution is -2.27. The predicted octanol–water partition coefficient (Wildman–Crippen LogP) is 2.26. The van der Waals surface area contributed by atoms with Gasteiger partial charge in [0.15, 0.2) is 5.84 Å². The molecule has 0 fully saturated rings. The number of carbonyl (C=O) groups is 1. The van der Waals surface area contributed by atoms with E-state index in [2.05, 4.69) is 10.5 Å². The van der Waals surface area contributed by atoms with Gasteiger partial charge in [-0.15, -0.1) is 0 Å². The normalized spacial score (nSPS) is 12.9. The van der Waals surface area contributed by atoms with Crippen molar-refractivity contribution in [3.8, 4) is 0 Å². The van der Waals surface area contributed by atoms with E-state index in [1.165, 1.54) is 0 Å². The van der Waals surface area contributed by atoms with Crippen molar-refractivity contribution in [2.45, 2.75) is 19.4 Å². The standard InChI is InChI=1S/C15H17N3O2S/c1-10(13-6-7-21-9-13)17-14(19)8-11-2-4-12(5-3-11)15(16)18-20/h2-7,9-10,20H,8H2,1H3,(H2,16,18)(H,17,19). The molecule has 2 rings (SSSR count). The molecule has 1 heterocycles. The Balaban J connectivity index is 1.93. The third-order valence-electron chi connectivity index (χ3n) is 3.14. The van der Waals surface area contributed by atoms with Crippen LogP contribution in [0.2, 0.25) is 0 Å². The van der Waals surface area contributed by atoms with E-state index >= 15 is 0 Å². The lowest BCUT2D eigenvalue weighted by molar-refractivity contribution is -0.121. The number of amidine groups is 1. The van der Waals surface area contributed by atoms with Crippen molar-refractivity contribution >= 4 is 23.1 Å². The van der Waals surface area contributed by atoms with E-state index in [-0.39, 0.29) is 17.8 Å². The minimum Gasteiger partial charge on any atom is -0.409 e. The first-order chi connectivity index (χ1) is 10.1. The molecule has 0 aliphatic rings. The molecule has 1 amide bonds. The zero-order chi connectivity index (χ0) is 15.2. The Morgan fingerprint density at radius 3 is 2.67 bits per heavy atom. The minimum absolute atomic E-state index is 0.000176. The summed E-state index contributed by atoms with van der Waals surface area (Å²) in [6, 6.07) is 9.03. The first-order valence-corrected chi connectivity index (χ1v) is 7.42. The van der Waals surface area contributed by atoms with Crippen LogP contribution in [0, 0.1) is 0 Å². The molecule has 6 heteroatoms. The molecule has 2 aromatic rings. The number of rotatable bonds is 5. The quantitative estimate of drug-likeness (QED) is 0.343. The molecule has 0 aliphatic heterocycles. The Morgan fingerprint density at radius 2 is 2.10 bits per heavy atom. The molecule has 1 aromatic heterocycles. The van der Waals surface area contributed by atoms with Crippen LogP contribution < -0.4 is 11.1 Å². The van der Waals surface area contributed by atoms with Gasteiger partial charge in [0.2, 0.25) is 5.91 Å². The Labute approximate surface area is 127 Å². The van der Waals surface area contributed by atoms with Gasteiger partial charge in [0.25, 0.3) is 0 Å². The lowest BCUT2D eigenvalue weighted by Gasteiger charge is -2.12. The fraction of sp³-hybridized carbons (Fsp3) is 0.200. The van der Waals surface area contributed by atoms with Crippen molar-refractivity contribution < 1.29 is 10.0 Å². The number of hydrogen-bond donors (Lipinski definition) is 3. The summed E-state index contributed by atoms with van der Waals surface area (Å²) in [5.74, 6) is 0.0160. The Bertz CT molecular complexity index is 621. The number of hydrogen-bond acceptors (Lipinski definition) is 4. The molecule has 1 atom stereocenters. The third-order valence-corrected chi connectivity index (χ3v) is 3.84. The number of benzene rings is 1. The van der Waals surface area contributed by atoms with E-state index in [9.17, 15) is 4.79 Å². The van der Waals surface area contributed by atoms with Crippen LogP contribution in [0.15, 0.2) is 46.2 Å². The Morgan fingerprint density at radius 1 is 1.38 bits per heavy atom. The average Bonchev–Trinajstić information content (AvgIpc) is 3.01. The molecule has 1 aromatic carbocycles. The van der Waals surface area contributed by atoms with Gasteiger partial charge in [0.1, 0.15) is 0 Å². The van der Waals surface area contributed by atoms with Crippen LogP contribution in [0.5, 0.6) is 0 Å². The SMILES string of the molecule is CC(NC(=O)Cc1ccc(C(N)=NO)cc1)c1ccsc1. The van der Waals surface area contributed by atoms with Crippen LogP contribution in [0.25, 0.3) is 0 Å². The van der Waals surface area contributed by atoms with Gasteiger partial charge in [0, 0.05) is 5.56 Å². The van der Waals surface area contributed by atoms with Crippen LogP contribution in [0.4, 0.5) is 0 Å². The second-order valence-corrected chi connectivity index (χ2v) is 5.48. The highest BCUT2D eigenvalue weighted by atomic mass is 32.1. The smallest absolute Gasteiger partial charge is 0.224 e. The minimum atomic E-state index is -0.0368. The van der Waals surface area contributed by atoms with Gasteiger partial charge in [-0.25, -0.2) is 0 Å². The average molecular weight is 303 g/mol. The largest absolute Gasteiger partial charge is 0.409 e. The fourth-order valence-corrected chi connectivity index (χ4v) is 2.69. The topological polar surface area (TPSA) is 87.7 Å². The number of oxime groups is 1. The maximum Gasteiger partial charge on any atom is 0.224 e. The summed E-state index contributed by atoms with van der Waals surface area (Å²) >= 11 is 1.61. The highest BCUT2D eigenvalue weighted by Gasteiger charge is 2.10. The number of thiophene rings is 1. The summed E-state index contributed by atoms with van der Waals surface area (Å²) in [5, 5.41) is 18.5. The van der Waals surface area contributed by atoms with Crippen molar-refractivity contribution in [2.75, 3.05) is 0 Å². The molecule has 5 nitrogen and oxygen atoms in total. The van der Waals surface area contributed by atoms with Gasteiger partial charge < -0.3 is 16.3 Å². The predicted molar refractivity (Wildman–Crippen MR) is 83.5 cm³/mol. The van der Waals surface area contributed by atoms with Gasteiger partial charge in [-0.2, -0.15) is 11.3 Å². The monoisotopic (exact) mass is 303 g/mol. The number of amides is 1. The van der Waals surface area contributed by atoms with Gasteiger partial charge in [-0.05, 0) is 34.9 Å². The summed E-state index contributed by atoms with van der Waals surface area (Å²) in [6.45, 7) is 1.96. The number of nitrogens with one attached hydrogen (secondary N) is 1. The molecule has 0 saturated heterocycles. The highest BCUT2D eigenvalue weighted by molar-refractivity contribution is 7.07. The zero-order valence-corrected chi connectivity index (χ0v) is 12.4. The van der Waals surface area contributed by atoms with Gasteiger partial charge >= 0.3 is 0 Å². The molecule has 21 heavy (non-hydrogen) atoms. The maximum absolute atomic E-state index is 12.0. The van der Waals surface area contributed by atoms with Crippen LogP contribution in [-0.4, -0.2) is 17.0 Å². The lowest BCUT2D eigenvalue weighted by atomic mass is 10.1. The van der Waals surface area contributed by atoms with Crippen LogP contribution in [-0.2, 0) is 11.2 Å². The number of nitrogens with zero attached hydrogens (tertiary/aromatic N) is 1. The molecule has 4 N–H and O–H groups in total. The van der Waals surface area contributed by atoms with Crippen molar-refractivity contribution in [1.82, 2.24) is 5.32 Å². The molecule has 110 valence electrons. The van der Waals surface area contributed by atoms with E-state index in [0.29, 0.717) is 12.0 Å². The zero-order valence-electron chi connectivity index (χ0n) is 11.6. The van der Waals surface area contributed by atoms with Crippen LogP contribution >= 0.6 is 11.3 Å². The number of carbonyl (C=O) groups excluding carboxylic acids is 1. The molecule has 0 bridgehead atoms. The molecule has 0 aliphatic carbocycles. The molecule has 1 unspecified atom stereocenters. The Hall–Kier alpha value is -2.34. The molecule has 0 radical (unpaired) electrons. The van der Waals surface area contributed by atoms with E-state index < -0.39 is 0 Å². The van der Waals surface area contributed by atoms with Crippen LogP contribution in [0.1, 0.15) is 29.7 Å². The third kappa shape index (κ3) is 4.06. The Kier molecular flexibility index (Phi) is 4.94. The van der Waals surface area contributed by atoms with Gasteiger partial charge in [-0.3, -0.25) is 4.79 Å². The second-order valence-electron chi connectivity index (χ2n) is 4.70. The summed E-state index contributed by atoms with van der Waals surface area (Å²) in [4.78, 5) is 12.0. The summed E-state index contributed by atoms with van der Waals surface area (Å²) in [6.07, 6.45) is 0.297. The first kappa shape index (κ1) is 15.1. The molecule has 0 saturated carbocycles. The second kappa shape index (κ2) is 6.90. The van der Waals surface area contributed by atoms with Crippen molar-refractivity contribution in [3.05, 3.63) is 57.8 Å². The van der Waals surface area contributed by atoms with E-state index in [4.69, 9.17) is 10.9 Å². The summed E-state index contributed by atoms with van der Waals surface area (Å²) in [5.41, 5.74) is 8.09.